The smallest absolute Gasteiger partial charge is 0.341 e. The van der Waals surface area contributed by atoms with Gasteiger partial charge in [-0.25, -0.2) is 9.79 Å². The summed E-state index contributed by atoms with van der Waals surface area (Å²) in [4.78, 5) is 16.5. The van der Waals surface area contributed by atoms with Crippen molar-refractivity contribution in [2.45, 2.75) is 13.5 Å². The number of para-hydroxylation sites is 1. The molecule has 2 aromatic rings. The maximum absolute atomic E-state index is 11.9. The molecule has 0 spiro atoms. The first kappa shape index (κ1) is 21.1. The van der Waals surface area contributed by atoms with Crippen LogP contribution in [0.5, 0.6) is 11.5 Å². The molecule has 0 aliphatic carbocycles. The van der Waals surface area contributed by atoms with Crippen molar-refractivity contribution in [2.24, 2.45) is 4.99 Å². The summed E-state index contributed by atoms with van der Waals surface area (Å²) < 4.78 is 15.7. The van der Waals surface area contributed by atoms with Crippen LogP contribution in [-0.4, -0.2) is 45.8 Å². The lowest BCUT2D eigenvalue weighted by Gasteiger charge is -2.12. The van der Waals surface area contributed by atoms with E-state index in [2.05, 4.69) is 15.6 Å². The molecular weight excluding hydrogens is 358 g/mol. The summed E-state index contributed by atoms with van der Waals surface area (Å²) >= 11 is 0. The lowest BCUT2D eigenvalue weighted by Crippen LogP contribution is -2.39. The highest BCUT2D eigenvalue weighted by Gasteiger charge is 2.13. The summed E-state index contributed by atoms with van der Waals surface area (Å²) in [6.07, 6.45) is 0. The first-order chi connectivity index (χ1) is 13.7. The lowest BCUT2D eigenvalue weighted by atomic mass is 10.1. The Labute approximate surface area is 165 Å². The second-order valence-corrected chi connectivity index (χ2v) is 5.81. The molecule has 0 atom stereocenters. The average molecular weight is 385 g/mol. The van der Waals surface area contributed by atoms with E-state index >= 15 is 0 Å². The van der Waals surface area contributed by atoms with Crippen molar-refractivity contribution >= 4 is 11.9 Å². The molecule has 2 aromatic carbocycles. The highest BCUT2D eigenvalue weighted by Crippen LogP contribution is 2.21. The number of ether oxygens (including phenoxy) is 3. The standard InChI is InChI=1S/C21H27N3O4/c1-4-22-21(23-12-13-28-17-8-6-5-7-9-17)24-15-16-10-11-19(26-2)18(14-16)20(25)27-3/h5-11,14H,4,12-13,15H2,1-3H3,(H2,22,23,24). The zero-order chi connectivity index (χ0) is 20.2. The topological polar surface area (TPSA) is 81.2 Å². The van der Waals surface area contributed by atoms with Crippen molar-refractivity contribution in [1.29, 1.82) is 0 Å². The van der Waals surface area contributed by atoms with E-state index in [1.54, 1.807) is 12.1 Å². The molecule has 28 heavy (non-hydrogen) atoms. The van der Waals surface area contributed by atoms with Gasteiger partial charge in [-0.05, 0) is 36.8 Å². The number of nitrogens with zero attached hydrogens (tertiary/aromatic N) is 1. The fourth-order valence-corrected chi connectivity index (χ4v) is 2.49. The van der Waals surface area contributed by atoms with E-state index in [4.69, 9.17) is 14.2 Å². The van der Waals surface area contributed by atoms with Gasteiger partial charge in [-0.15, -0.1) is 0 Å². The fraction of sp³-hybridized carbons (Fsp3) is 0.333. The second-order valence-electron chi connectivity index (χ2n) is 5.81. The van der Waals surface area contributed by atoms with Crippen molar-refractivity contribution in [2.75, 3.05) is 33.9 Å². The third kappa shape index (κ3) is 6.50. The van der Waals surface area contributed by atoms with Crippen LogP contribution >= 0.6 is 0 Å². The molecule has 0 radical (unpaired) electrons. The normalized spacial score (nSPS) is 10.9. The number of hydrogen-bond donors (Lipinski definition) is 2. The minimum atomic E-state index is -0.439. The number of nitrogens with one attached hydrogen (secondary N) is 2. The van der Waals surface area contributed by atoms with Crippen molar-refractivity contribution in [3.63, 3.8) is 0 Å². The van der Waals surface area contributed by atoms with Gasteiger partial charge in [0, 0.05) is 6.54 Å². The summed E-state index contributed by atoms with van der Waals surface area (Å²) in [6, 6.07) is 15.0. The second kappa shape index (κ2) is 11.5. The summed E-state index contributed by atoms with van der Waals surface area (Å²) in [6.45, 7) is 4.27. The van der Waals surface area contributed by atoms with Crippen LogP contribution in [0.2, 0.25) is 0 Å². The van der Waals surface area contributed by atoms with Gasteiger partial charge in [0.1, 0.15) is 23.7 Å². The number of aliphatic imine (C=N–C) groups is 1. The Balaban J connectivity index is 1.95. The van der Waals surface area contributed by atoms with Crippen molar-refractivity contribution in [3.05, 3.63) is 59.7 Å². The highest BCUT2D eigenvalue weighted by molar-refractivity contribution is 5.92. The van der Waals surface area contributed by atoms with Crippen LogP contribution in [0.4, 0.5) is 0 Å². The molecule has 7 nitrogen and oxygen atoms in total. The maximum Gasteiger partial charge on any atom is 0.341 e. The molecule has 0 aliphatic rings. The minimum absolute atomic E-state index is 0.381. The molecule has 0 amide bonds. The average Bonchev–Trinajstić information content (AvgIpc) is 2.74. The molecule has 0 heterocycles. The maximum atomic E-state index is 11.9. The molecule has 0 bridgehead atoms. The Hall–Kier alpha value is -3.22. The molecule has 0 aromatic heterocycles. The summed E-state index contributed by atoms with van der Waals surface area (Å²) in [7, 11) is 2.86. The first-order valence-electron chi connectivity index (χ1n) is 9.13. The molecule has 0 saturated carbocycles. The Morgan fingerprint density at radius 1 is 1.07 bits per heavy atom. The van der Waals surface area contributed by atoms with Crippen LogP contribution in [0.25, 0.3) is 0 Å². The van der Waals surface area contributed by atoms with Crippen LogP contribution < -0.4 is 20.1 Å². The molecule has 0 fully saturated rings. The zero-order valence-corrected chi connectivity index (χ0v) is 16.5. The molecule has 150 valence electrons. The molecule has 0 aliphatic heterocycles. The molecule has 7 heteroatoms. The van der Waals surface area contributed by atoms with Gasteiger partial charge in [0.15, 0.2) is 5.96 Å². The molecule has 2 rings (SSSR count). The van der Waals surface area contributed by atoms with E-state index in [0.717, 1.165) is 17.9 Å². The molecular formula is C21H27N3O4. The van der Waals surface area contributed by atoms with Crippen molar-refractivity contribution in [1.82, 2.24) is 10.6 Å². The zero-order valence-electron chi connectivity index (χ0n) is 16.5. The Morgan fingerprint density at radius 2 is 1.86 bits per heavy atom. The van der Waals surface area contributed by atoms with Gasteiger partial charge in [-0.3, -0.25) is 0 Å². The van der Waals surface area contributed by atoms with E-state index in [0.29, 0.717) is 37.0 Å². The van der Waals surface area contributed by atoms with Crippen LogP contribution in [0.3, 0.4) is 0 Å². The predicted molar refractivity (Wildman–Crippen MR) is 109 cm³/mol. The van der Waals surface area contributed by atoms with E-state index in [9.17, 15) is 4.79 Å². The summed E-state index contributed by atoms with van der Waals surface area (Å²) in [5, 5.41) is 6.42. The SMILES string of the molecule is CCNC(=NCc1ccc(OC)c(C(=O)OC)c1)NCCOc1ccccc1. The Morgan fingerprint density at radius 3 is 2.54 bits per heavy atom. The fourth-order valence-electron chi connectivity index (χ4n) is 2.49. The van der Waals surface area contributed by atoms with Crippen LogP contribution in [0.15, 0.2) is 53.5 Å². The number of rotatable bonds is 9. The quantitative estimate of drug-likeness (QED) is 0.299. The number of esters is 1. The van der Waals surface area contributed by atoms with E-state index in [-0.39, 0.29) is 0 Å². The van der Waals surface area contributed by atoms with Gasteiger partial charge in [0.2, 0.25) is 0 Å². The molecule has 2 N–H and O–H groups in total. The van der Waals surface area contributed by atoms with Gasteiger partial charge >= 0.3 is 5.97 Å². The number of carbonyl (C=O) groups excluding carboxylic acids is 1. The Bertz CT molecular complexity index is 778. The Kier molecular flexibility index (Phi) is 8.65. The predicted octanol–water partition coefficient (Wildman–Crippen LogP) is 2.62. The van der Waals surface area contributed by atoms with E-state index in [1.165, 1.54) is 14.2 Å². The summed E-state index contributed by atoms with van der Waals surface area (Å²) in [5.41, 5.74) is 1.26. The lowest BCUT2D eigenvalue weighted by molar-refractivity contribution is 0.0597. The molecule has 0 saturated heterocycles. The molecule has 0 unspecified atom stereocenters. The number of methoxy groups -OCH3 is 2. The van der Waals surface area contributed by atoms with E-state index in [1.807, 2.05) is 43.3 Å². The van der Waals surface area contributed by atoms with Crippen molar-refractivity contribution in [3.8, 4) is 11.5 Å². The van der Waals surface area contributed by atoms with Crippen LogP contribution in [-0.2, 0) is 11.3 Å². The minimum Gasteiger partial charge on any atom is -0.496 e. The first-order valence-corrected chi connectivity index (χ1v) is 9.13. The third-order valence-electron chi connectivity index (χ3n) is 3.84. The highest BCUT2D eigenvalue weighted by atomic mass is 16.5. The van der Waals surface area contributed by atoms with Gasteiger partial charge in [0.05, 0.1) is 27.3 Å². The van der Waals surface area contributed by atoms with Gasteiger partial charge < -0.3 is 24.8 Å². The van der Waals surface area contributed by atoms with Gasteiger partial charge in [0.25, 0.3) is 0 Å². The van der Waals surface area contributed by atoms with Gasteiger partial charge in [-0.2, -0.15) is 0 Å². The summed E-state index contributed by atoms with van der Waals surface area (Å²) in [5.74, 6) is 1.54. The van der Waals surface area contributed by atoms with E-state index < -0.39 is 5.97 Å². The van der Waals surface area contributed by atoms with Gasteiger partial charge in [-0.1, -0.05) is 24.3 Å². The largest absolute Gasteiger partial charge is 0.496 e. The van der Waals surface area contributed by atoms with Crippen LogP contribution in [0, 0.1) is 0 Å². The third-order valence-corrected chi connectivity index (χ3v) is 3.84. The van der Waals surface area contributed by atoms with Crippen LogP contribution in [0.1, 0.15) is 22.8 Å². The number of hydrogen-bond acceptors (Lipinski definition) is 5. The van der Waals surface area contributed by atoms with Crippen molar-refractivity contribution < 1.29 is 19.0 Å². The number of benzene rings is 2. The number of carbonyl (C=O) groups is 1. The monoisotopic (exact) mass is 385 g/mol. The number of guanidine groups is 1.